The highest BCUT2D eigenvalue weighted by Crippen LogP contribution is 2.32. The van der Waals surface area contributed by atoms with Gasteiger partial charge in [0, 0.05) is 29.2 Å². The van der Waals surface area contributed by atoms with Crippen LogP contribution < -0.4 is 15.8 Å². The Morgan fingerprint density at radius 3 is 2.30 bits per heavy atom. The highest BCUT2D eigenvalue weighted by molar-refractivity contribution is 7.16. The van der Waals surface area contributed by atoms with Gasteiger partial charge in [0.15, 0.2) is 5.13 Å². The van der Waals surface area contributed by atoms with Gasteiger partial charge in [0.1, 0.15) is 10.6 Å². The third kappa shape index (κ3) is 3.94. The number of hydrogen-bond acceptors (Lipinski definition) is 5. The number of primary amides is 1. The number of rotatable bonds is 6. The summed E-state index contributed by atoms with van der Waals surface area (Å²) in [5.41, 5.74) is 7.58. The van der Waals surface area contributed by atoms with E-state index in [1.54, 1.807) is 31.4 Å². The van der Waals surface area contributed by atoms with Crippen molar-refractivity contribution in [3.63, 3.8) is 0 Å². The average molecular weight is 418 g/mol. The molecule has 0 saturated heterocycles. The number of carbonyl (C=O) groups excluding carboxylic acids is 2. The van der Waals surface area contributed by atoms with E-state index in [0.29, 0.717) is 27.0 Å². The lowest BCUT2D eigenvalue weighted by molar-refractivity contribution is 0.0998. The zero-order valence-corrected chi connectivity index (χ0v) is 16.8. The molecule has 3 N–H and O–H groups in total. The Balaban J connectivity index is 1.69. The van der Waals surface area contributed by atoms with Crippen molar-refractivity contribution in [2.75, 3.05) is 12.4 Å². The molecule has 2 amide bonds. The first-order valence-electron chi connectivity index (χ1n) is 9.05. The Morgan fingerprint density at radius 2 is 1.70 bits per heavy atom. The molecule has 0 aliphatic carbocycles. The predicted molar refractivity (Wildman–Crippen MR) is 116 cm³/mol. The summed E-state index contributed by atoms with van der Waals surface area (Å²) >= 11 is 1.29. The Hall–Kier alpha value is -3.91. The average Bonchev–Trinajstić information content (AvgIpc) is 3.44. The summed E-state index contributed by atoms with van der Waals surface area (Å²) < 4.78 is 7.08. The van der Waals surface area contributed by atoms with E-state index >= 15 is 0 Å². The van der Waals surface area contributed by atoms with E-state index in [1.807, 2.05) is 53.4 Å². The smallest absolute Gasteiger partial charge is 0.268 e. The minimum absolute atomic E-state index is 0.288. The molecule has 0 aliphatic heterocycles. The van der Waals surface area contributed by atoms with Gasteiger partial charge in [0.2, 0.25) is 5.91 Å². The van der Waals surface area contributed by atoms with Crippen molar-refractivity contribution in [2.24, 2.45) is 5.73 Å². The Labute approximate surface area is 176 Å². The molecule has 0 saturated carbocycles. The minimum atomic E-state index is -0.520. The molecule has 30 heavy (non-hydrogen) atoms. The van der Waals surface area contributed by atoms with Crippen LogP contribution >= 0.6 is 11.3 Å². The molecule has 2 aromatic heterocycles. The number of hydrogen-bond donors (Lipinski definition) is 2. The lowest BCUT2D eigenvalue weighted by Gasteiger charge is -2.06. The standard InChI is InChI=1S/C22H18N4O3S/c1-29-17-10-6-14(7-11-17)18-19(30-22(25-18)26-12-2-3-13-26)21(28)24-16-8-4-15(5-9-16)20(23)27/h2-13H,1H3,(H2,23,27)(H,24,28). The van der Waals surface area contributed by atoms with Crippen LogP contribution in [0.1, 0.15) is 20.0 Å². The number of aromatic nitrogens is 2. The fourth-order valence-corrected chi connectivity index (χ4v) is 3.84. The van der Waals surface area contributed by atoms with Crippen molar-refractivity contribution in [1.82, 2.24) is 9.55 Å². The van der Waals surface area contributed by atoms with E-state index in [1.165, 1.54) is 11.3 Å². The summed E-state index contributed by atoms with van der Waals surface area (Å²) in [7, 11) is 1.60. The maximum absolute atomic E-state index is 13.1. The Bertz CT molecular complexity index is 1180. The molecular weight excluding hydrogens is 400 g/mol. The van der Waals surface area contributed by atoms with Crippen LogP contribution in [0.3, 0.4) is 0 Å². The van der Waals surface area contributed by atoms with E-state index in [0.717, 1.165) is 11.3 Å². The number of ether oxygens (including phenoxy) is 1. The first-order chi connectivity index (χ1) is 14.5. The van der Waals surface area contributed by atoms with Gasteiger partial charge in [-0.1, -0.05) is 11.3 Å². The first kappa shape index (κ1) is 19.4. The number of anilines is 1. The van der Waals surface area contributed by atoms with Crippen molar-refractivity contribution in [3.8, 4) is 22.1 Å². The summed E-state index contributed by atoms with van der Waals surface area (Å²) in [6.45, 7) is 0. The number of amides is 2. The van der Waals surface area contributed by atoms with Gasteiger partial charge in [0.25, 0.3) is 5.91 Å². The zero-order chi connectivity index (χ0) is 21.1. The fraction of sp³-hybridized carbons (Fsp3) is 0.0455. The maximum atomic E-state index is 13.1. The first-order valence-corrected chi connectivity index (χ1v) is 9.86. The number of methoxy groups -OCH3 is 1. The van der Waals surface area contributed by atoms with Gasteiger partial charge in [0.05, 0.1) is 12.8 Å². The highest BCUT2D eigenvalue weighted by Gasteiger charge is 2.20. The second-order valence-corrected chi connectivity index (χ2v) is 7.37. The molecule has 8 heteroatoms. The summed E-state index contributed by atoms with van der Waals surface area (Å²) in [6.07, 6.45) is 3.75. The molecule has 0 unspecified atom stereocenters. The third-order valence-electron chi connectivity index (χ3n) is 4.44. The summed E-state index contributed by atoms with van der Waals surface area (Å²) in [5.74, 6) is -0.0859. The van der Waals surface area contributed by atoms with Crippen molar-refractivity contribution < 1.29 is 14.3 Å². The molecular formula is C22H18N4O3S. The summed E-state index contributed by atoms with van der Waals surface area (Å²) in [6, 6.07) is 17.6. The normalized spacial score (nSPS) is 10.6. The van der Waals surface area contributed by atoms with Gasteiger partial charge < -0.3 is 20.4 Å². The summed E-state index contributed by atoms with van der Waals surface area (Å²) in [4.78, 5) is 29.5. The second kappa shape index (κ2) is 8.22. The van der Waals surface area contributed by atoms with E-state index < -0.39 is 5.91 Å². The number of nitrogens with zero attached hydrogens (tertiary/aromatic N) is 2. The molecule has 7 nitrogen and oxygen atoms in total. The molecule has 0 spiro atoms. The van der Waals surface area contributed by atoms with Crippen molar-refractivity contribution in [1.29, 1.82) is 0 Å². The van der Waals surface area contributed by atoms with Gasteiger partial charge in [-0.25, -0.2) is 4.98 Å². The van der Waals surface area contributed by atoms with E-state index in [-0.39, 0.29) is 5.91 Å². The lowest BCUT2D eigenvalue weighted by atomic mass is 10.1. The number of thiazole rings is 1. The molecule has 2 aromatic carbocycles. The third-order valence-corrected chi connectivity index (χ3v) is 5.51. The molecule has 0 radical (unpaired) electrons. The van der Waals surface area contributed by atoms with Gasteiger partial charge in [-0.2, -0.15) is 0 Å². The van der Waals surface area contributed by atoms with Gasteiger partial charge in [-0.05, 0) is 60.7 Å². The molecule has 0 bridgehead atoms. The van der Waals surface area contributed by atoms with Crippen molar-refractivity contribution >= 4 is 28.8 Å². The molecule has 0 aliphatic rings. The molecule has 2 heterocycles. The second-order valence-electron chi connectivity index (χ2n) is 6.39. The van der Waals surface area contributed by atoms with Crippen LogP contribution in [0.25, 0.3) is 16.4 Å². The minimum Gasteiger partial charge on any atom is -0.497 e. The van der Waals surface area contributed by atoms with Gasteiger partial charge >= 0.3 is 0 Å². The highest BCUT2D eigenvalue weighted by atomic mass is 32.1. The summed E-state index contributed by atoms with van der Waals surface area (Å²) in [5, 5.41) is 3.54. The number of nitrogens with two attached hydrogens (primary N) is 1. The number of benzene rings is 2. The zero-order valence-electron chi connectivity index (χ0n) is 16.0. The topological polar surface area (TPSA) is 99.2 Å². The largest absolute Gasteiger partial charge is 0.497 e. The SMILES string of the molecule is COc1ccc(-c2nc(-n3cccc3)sc2C(=O)Nc2ccc(C(N)=O)cc2)cc1. The van der Waals surface area contributed by atoms with Crippen LogP contribution in [-0.4, -0.2) is 28.5 Å². The fourth-order valence-electron chi connectivity index (χ4n) is 2.89. The predicted octanol–water partition coefficient (Wildman–Crippen LogP) is 3.96. The monoisotopic (exact) mass is 418 g/mol. The van der Waals surface area contributed by atoms with Crippen LogP contribution in [-0.2, 0) is 0 Å². The van der Waals surface area contributed by atoms with Crippen molar-refractivity contribution in [3.05, 3.63) is 83.5 Å². The van der Waals surface area contributed by atoms with Crippen LogP contribution in [0.2, 0.25) is 0 Å². The number of carbonyl (C=O) groups is 2. The van der Waals surface area contributed by atoms with Gasteiger partial charge in [-0.15, -0.1) is 0 Å². The lowest BCUT2D eigenvalue weighted by Crippen LogP contribution is -2.13. The van der Waals surface area contributed by atoms with Crippen LogP contribution in [0.5, 0.6) is 5.75 Å². The van der Waals surface area contributed by atoms with Crippen LogP contribution in [0, 0.1) is 0 Å². The molecule has 4 rings (SSSR count). The van der Waals surface area contributed by atoms with Crippen molar-refractivity contribution in [2.45, 2.75) is 0 Å². The quantitative estimate of drug-likeness (QED) is 0.495. The maximum Gasteiger partial charge on any atom is 0.268 e. The van der Waals surface area contributed by atoms with Crippen LogP contribution in [0.4, 0.5) is 5.69 Å². The molecule has 4 aromatic rings. The Kier molecular flexibility index (Phi) is 5.32. The van der Waals surface area contributed by atoms with E-state index in [9.17, 15) is 9.59 Å². The van der Waals surface area contributed by atoms with Gasteiger partial charge in [-0.3, -0.25) is 9.59 Å². The van der Waals surface area contributed by atoms with E-state index in [2.05, 4.69) is 5.32 Å². The van der Waals surface area contributed by atoms with Crippen LogP contribution in [0.15, 0.2) is 73.1 Å². The van der Waals surface area contributed by atoms with E-state index in [4.69, 9.17) is 15.5 Å². The Morgan fingerprint density at radius 1 is 1.03 bits per heavy atom. The number of nitrogens with one attached hydrogen (secondary N) is 1. The molecule has 0 atom stereocenters. The molecule has 150 valence electrons. The molecule has 0 fully saturated rings.